The summed E-state index contributed by atoms with van der Waals surface area (Å²) in [5.74, 6) is 1.27. The lowest BCUT2D eigenvalue weighted by Gasteiger charge is -2.21. The van der Waals surface area contributed by atoms with E-state index >= 15 is 0 Å². The molecule has 0 spiro atoms. The van der Waals surface area contributed by atoms with Gasteiger partial charge in [0.25, 0.3) is 0 Å². The number of hydrogen-bond acceptors (Lipinski definition) is 4. The van der Waals surface area contributed by atoms with Crippen molar-refractivity contribution in [1.29, 1.82) is 0 Å². The van der Waals surface area contributed by atoms with E-state index in [1.165, 1.54) is 11.1 Å². The van der Waals surface area contributed by atoms with Crippen molar-refractivity contribution in [2.24, 2.45) is 16.8 Å². The molecular weight excluding hydrogens is 322 g/mol. The van der Waals surface area contributed by atoms with Gasteiger partial charge in [0.2, 0.25) is 0 Å². The predicted molar refractivity (Wildman–Crippen MR) is 82.2 cm³/mol. The first-order valence-corrected chi connectivity index (χ1v) is 7.40. The largest absolute Gasteiger partial charge is 0.493 e. The molecule has 0 radical (unpaired) electrons. The number of halogens is 1. The number of ether oxygens (including phenoxy) is 1. The molecule has 0 bridgehead atoms. The fourth-order valence-corrected chi connectivity index (χ4v) is 3.03. The molecule has 2 rings (SSSR count). The lowest BCUT2D eigenvalue weighted by Crippen LogP contribution is -2.32. The standard InChI is InChI=1S/C14H20BrN3O2/c1-9(14(16)17-19)7-18(2)8-11-6-12(15)5-10-3-4-20-13(10)11/h5-6,9,19H,3-4,7-8H2,1-2H3,(H2,16,17). The van der Waals surface area contributed by atoms with Crippen LogP contribution in [0.25, 0.3) is 0 Å². The summed E-state index contributed by atoms with van der Waals surface area (Å²) in [4.78, 5) is 2.15. The quantitative estimate of drug-likeness (QED) is 0.372. The van der Waals surface area contributed by atoms with Crippen LogP contribution in [0.15, 0.2) is 21.8 Å². The molecule has 1 heterocycles. The Balaban J connectivity index is 2.07. The maximum Gasteiger partial charge on any atom is 0.143 e. The van der Waals surface area contributed by atoms with E-state index in [1.807, 2.05) is 14.0 Å². The Labute approximate surface area is 127 Å². The molecule has 6 heteroatoms. The molecule has 1 aromatic carbocycles. The molecule has 1 atom stereocenters. The van der Waals surface area contributed by atoms with E-state index in [0.717, 1.165) is 36.3 Å². The minimum Gasteiger partial charge on any atom is -0.493 e. The Morgan fingerprint density at radius 1 is 1.60 bits per heavy atom. The summed E-state index contributed by atoms with van der Waals surface area (Å²) in [7, 11) is 2.02. The Morgan fingerprint density at radius 3 is 3.05 bits per heavy atom. The van der Waals surface area contributed by atoms with Crippen LogP contribution in [-0.2, 0) is 13.0 Å². The van der Waals surface area contributed by atoms with Crippen LogP contribution in [-0.4, -0.2) is 36.1 Å². The third kappa shape index (κ3) is 3.43. The molecule has 3 N–H and O–H groups in total. The van der Waals surface area contributed by atoms with Crippen LogP contribution in [0.4, 0.5) is 0 Å². The van der Waals surface area contributed by atoms with Crippen LogP contribution in [0.3, 0.4) is 0 Å². The van der Waals surface area contributed by atoms with Crippen LogP contribution < -0.4 is 10.5 Å². The summed E-state index contributed by atoms with van der Waals surface area (Å²) in [5, 5.41) is 11.7. The van der Waals surface area contributed by atoms with Gasteiger partial charge in [-0.2, -0.15) is 0 Å². The van der Waals surface area contributed by atoms with Gasteiger partial charge in [-0.3, -0.25) is 0 Å². The van der Waals surface area contributed by atoms with E-state index in [2.05, 4.69) is 38.1 Å². The van der Waals surface area contributed by atoms with E-state index in [1.54, 1.807) is 0 Å². The summed E-state index contributed by atoms with van der Waals surface area (Å²) in [6.45, 7) is 4.18. The molecule has 1 aliphatic heterocycles. The van der Waals surface area contributed by atoms with Gasteiger partial charge in [0.15, 0.2) is 0 Å². The molecule has 5 nitrogen and oxygen atoms in total. The zero-order valence-corrected chi connectivity index (χ0v) is 13.4. The monoisotopic (exact) mass is 341 g/mol. The van der Waals surface area contributed by atoms with Crippen molar-refractivity contribution in [3.05, 3.63) is 27.7 Å². The van der Waals surface area contributed by atoms with Gasteiger partial charge in [-0.15, -0.1) is 0 Å². The average Bonchev–Trinajstić information content (AvgIpc) is 2.85. The van der Waals surface area contributed by atoms with Gasteiger partial charge in [0.05, 0.1) is 6.61 Å². The second-order valence-electron chi connectivity index (χ2n) is 5.27. The fourth-order valence-electron chi connectivity index (χ4n) is 2.48. The number of rotatable bonds is 5. The van der Waals surface area contributed by atoms with Crippen molar-refractivity contribution < 1.29 is 9.94 Å². The molecule has 1 unspecified atom stereocenters. The number of fused-ring (bicyclic) bond motifs is 1. The number of amidine groups is 1. The van der Waals surface area contributed by atoms with Crippen molar-refractivity contribution in [2.45, 2.75) is 19.9 Å². The first-order chi connectivity index (χ1) is 9.51. The molecule has 110 valence electrons. The smallest absolute Gasteiger partial charge is 0.143 e. The zero-order chi connectivity index (χ0) is 14.7. The SMILES string of the molecule is CC(CN(C)Cc1cc(Br)cc2c1OCC2)/C(N)=N/O. The lowest BCUT2D eigenvalue weighted by atomic mass is 10.1. The van der Waals surface area contributed by atoms with Crippen molar-refractivity contribution in [2.75, 3.05) is 20.2 Å². The molecule has 0 aliphatic carbocycles. The summed E-state index contributed by atoms with van der Waals surface area (Å²) < 4.78 is 6.80. The van der Waals surface area contributed by atoms with Gasteiger partial charge >= 0.3 is 0 Å². The maximum atomic E-state index is 8.69. The van der Waals surface area contributed by atoms with Crippen molar-refractivity contribution in [3.8, 4) is 5.75 Å². The number of hydrogen-bond donors (Lipinski definition) is 2. The van der Waals surface area contributed by atoms with E-state index < -0.39 is 0 Å². The highest BCUT2D eigenvalue weighted by molar-refractivity contribution is 9.10. The first kappa shape index (κ1) is 15.1. The second-order valence-corrected chi connectivity index (χ2v) is 6.19. The first-order valence-electron chi connectivity index (χ1n) is 6.61. The molecular formula is C14H20BrN3O2. The normalized spacial score (nSPS) is 16.1. The van der Waals surface area contributed by atoms with Crippen LogP contribution in [0.5, 0.6) is 5.75 Å². The number of nitrogens with two attached hydrogens (primary N) is 1. The van der Waals surface area contributed by atoms with Crippen molar-refractivity contribution >= 4 is 21.8 Å². The highest BCUT2D eigenvalue weighted by Crippen LogP contribution is 2.33. The Kier molecular flexibility index (Phi) is 4.88. The molecule has 1 aliphatic rings. The molecule has 0 fully saturated rings. The van der Waals surface area contributed by atoms with Crippen LogP contribution >= 0.6 is 15.9 Å². The highest BCUT2D eigenvalue weighted by atomic mass is 79.9. The van der Waals surface area contributed by atoms with Crippen LogP contribution in [0.2, 0.25) is 0 Å². The summed E-state index contributed by atoms with van der Waals surface area (Å²) in [6, 6.07) is 4.21. The summed E-state index contributed by atoms with van der Waals surface area (Å²) in [5.41, 5.74) is 8.04. The summed E-state index contributed by atoms with van der Waals surface area (Å²) in [6.07, 6.45) is 0.964. The summed E-state index contributed by atoms with van der Waals surface area (Å²) >= 11 is 3.54. The molecule has 0 amide bonds. The fraction of sp³-hybridized carbons (Fsp3) is 0.500. The van der Waals surface area contributed by atoms with Gasteiger partial charge < -0.3 is 20.6 Å². The predicted octanol–water partition coefficient (Wildman–Crippen LogP) is 2.20. The van der Waals surface area contributed by atoms with Gasteiger partial charge in [-0.05, 0) is 24.7 Å². The van der Waals surface area contributed by atoms with Crippen LogP contribution in [0, 0.1) is 5.92 Å². The van der Waals surface area contributed by atoms with Gasteiger partial charge in [-0.25, -0.2) is 0 Å². The van der Waals surface area contributed by atoms with Gasteiger partial charge in [0.1, 0.15) is 11.6 Å². The van der Waals surface area contributed by atoms with Gasteiger partial charge in [0, 0.05) is 35.5 Å². The van der Waals surface area contributed by atoms with Gasteiger partial charge in [-0.1, -0.05) is 28.0 Å². The zero-order valence-electron chi connectivity index (χ0n) is 11.8. The number of benzene rings is 1. The highest BCUT2D eigenvalue weighted by Gasteiger charge is 2.19. The molecule has 20 heavy (non-hydrogen) atoms. The number of oxime groups is 1. The Hall–Kier alpha value is -1.27. The van der Waals surface area contributed by atoms with Crippen molar-refractivity contribution in [3.63, 3.8) is 0 Å². The molecule has 0 saturated heterocycles. The minimum atomic E-state index is 0.00567. The second kappa shape index (κ2) is 6.45. The molecule has 1 aromatic rings. The maximum absolute atomic E-state index is 8.69. The van der Waals surface area contributed by atoms with E-state index in [-0.39, 0.29) is 11.8 Å². The lowest BCUT2D eigenvalue weighted by molar-refractivity contribution is 0.284. The van der Waals surface area contributed by atoms with Crippen LogP contribution in [0.1, 0.15) is 18.1 Å². The average molecular weight is 342 g/mol. The van der Waals surface area contributed by atoms with Crippen molar-refractivity contribution in [1.82, 2.24) is 4.90 Å². The molecule has 0 aromatic heterocycles. The number of nitrogens with zero attached hydrogens (tertiary/aromatic N) is 2. The topological polar surface area (TPSA) is 71.1 Å². The third-order valence-electron chi connectivity index (χ3n) is 3.47. The van der Waals surface area contributed by atoms with E-state index in [0.29, 0.717) is 0 Å². The Bertz CT molecular complexity index is 519. The van der Waals surface area contributed by atoms with E-state index in [4.69, 9.17) is 15.7 Å². The third-order valence-corrected chi connectivity index (χ3v) is 3.93. The Morgan fingerprint density at radius 2 is 2.35 bits per heavy atom. The molecule has 0 saturated carbocycles. The minimum absolute atomic E-state index is 0.00567. The van der Waals surface area contributed by atoms with E-state index in [9.17, 15) is 0 Å².